The van der Waals surface area contributed by atoms with E-state index in [9.17, 15) is 0 Å². The van der Waals surface area contributed by atoms with Crippen molar-refractivity contribution >= 4 is 39.6 Å². The molecule has 4 aromatic rings. The molecule has 0 spiro atoms. The van der Waals surface area contributed by atoms with Crippen LogP contribution in [0.2, 0.25) is 0 Å². The summed E-state index contributed by atoms with van der Waals surface area (Å²) >= 11 is 0. The quantitative estimate of drug-likeness (QED) is 0.323. The predicted molar refractivity (Wildman–Crippen MR) is 114 cm³/mol. The van der Waals surface area contributed by atoms with Gasteiger partial charge in [-0.15, -0.1) is 0 Å². The summed E-state index contributed by atoms with van der Waals surface area (Å²) in [7, 11) is 0. The summed E-state index contributed by atoms with van der Waals surface area (Å²) in [5.74, 6) is 1.11. The Morgan fingerprint density at radius 1 is 0.857 bits per heavy atom. The maximum Gasteiger partial charge on any atom is 0.154 e. The molecule has 0 amide bonds. The van der Waals surface area contributed by atoms with Crippen molar-refractivity contribution in [1.29, 1.82) is 10.8 Å². The number of benzene rings is 3. The van der Waals surface area contributed by atoms with Gasteiger partial charge < -0.3 is 5.32 Å². The van der Waals surface area contributed by atoms with Crippen LogP contribution >= 0.6 is 0 Å². The molecule has 3 N–H and O–H groups in total. The topological polar surface area (TPSA) is 75.9 Å². The lowest BCUT2D eigenvalue weighted by Gasteiger charge is -2.25. The molecule has 0 aliphatic carbocycles. The van der Waals surface area contributed by atoms with Crippen LogP contribution in [0.1, 0.15) is 11.1 Å². The number of amidine groups is 2. The van der Waals surface area contributed by atoms with Gasteiger partial charge in [0.1, 0.15) is 11.7 Å². The zero-order chi connectivity index (χ0) is 19.1. The highest BCUT2D eigenvalue weighted by atomic mass is 15.2. The van der Waals surface area contributed by atoms with Gasteiger partial charge in [0.2, 0.25) is 0 Å². The summed E-state index contributed by atoms with van der Waals surface area (Å²) in [6.07, 6.45) is 1.71. The fraction of sp³-hybridized carbons (Fsp3) is 0. The van der Waals surface area contributed by atoms with E-state index in [1.54, 1.807) is 11.1 Å². The van der Waals surface area contributed by atoms with Crippen molar-refractivity contribution in [3.63, 3.8) is 0 Å². The molecule has 1 aliphatic rings. The molecule has 0 atom stereocenters. The second kappa shape index (κ2) is 6.32. The number of rotatable bonds is 1. The highest BCUT2D eigenvalue weighted by molar-refractivity contribution is 6.30. The Morgan fingerprint density at radius 2 is 1.64 bits per heavy atom. The third-order valence-corrected chi connectivity index (χ3v) is 4.93. The minimum absolute atomic E-state index is 0.239. The van der Waals surface area contributed by atoms with Crippen LogP contribution in [0.5, 0.6) is 0 Å². The Kier molecular flexibility index (Phi) is 3.66. The lowest BCUT2D eigenvalue weighted by Crippen LogP contribution is -2.36. The van der Waals surface area contributed by atoms with E-state index < -0.39 is 0 Å². The molecule has 0 fully saturated rings. The van der Waals surface area contributed by atoms with Gasteiger partial charge in [-0.1, -0.05) is 48.5 Å². The first kappa shape index (κ1) is 16.2. The number of fused-ring (bicyclic) bond motifs is 3. The lowest BCUT2D eigenvalue weighted by molar-refractivity contribution is 1.26. The monoisotopic (exact) mass is 363 g/mol. The molecule has 0 radical (unpaired) electrons. The van der Waals surface area contributed by atoms with E-state index in [-0.39, 0.29) is 11.7 Å². The van der Waals surface area contributed by atoms with Crippen LogP contribution in [-0.2, 0) is 0 Å². The van der Waals surface area contributed by atoms with Crippen molar-refractivity contribution in [2.24, 2.45) is 0 Å². The molecule has 0 unspecified atom stereocenters. The largest absolute Gasteiger partial charge is 0.338 e. The minimum Gasteiger partial charge on any atom is -0.338 e. The van der Waals surface area contributed by atoms with Crippen LogP contribution in [0.4, 0.5) is 17.2 Å². The zero-order valence-corrected chi connectivity index (χ0v) is 15.0. The molecular formula is C23H17N5. The Morgan fingerprint density at radius 3 is 2.54 bits per heavy atom. The van der Waals surface area contributed by atoms with E-state index >= 15 is 0 Å². The molecule has 5 rings (SSSR count). The second-order valence-electron chi connectivity index (χ2n) is 6.64. The molecule has 3 aromatic carbocycles. The van der Waals surface area contributed by atoms with E-state index in [0.29, 0.717) is 11.5 Å². The number of aromatic nitrogens is 1. The number of anilines is 3. The molecule has 5 nitrogen and oxygen atoms in total. The van der Waals surface area contributed by atoms with Crippen LogP contribution in [-0.4, -0.2) is 16.7 Å². The van der Waals surface area contributed by atoms with Gasteiger partial charge in [-0.2, -0.15) is 0 Å². The first-order valence-corrected chi connectivity index (χ1v) is 9.00. The van der Waals surface area contributed by atoms with Crippen LogP contribution < -0.4 is 10.2 Å². The average molecular weight is 363 g/mol. The Hall–Kier alpha value is -3.99. The van der Waals surface area contributed by atoms with Gasteiger partial charge in [0.25, 0.3) is 0 Å². The molecule has 134 valence electrons. The van der Waals surface area contributed by atoms with Crippen molar-refractivity contribution in [1.82, 2.24) is 4.98 Å². The number of para-hydroxylation sites is 1. The van der Waals surface area contributed by atoms with Crippen molar-refractivity contribution in [3.8, 4) is 0 Å². The summed E-state index contributed by atoms with van der Waals surface area (Å²) in [6, 6.07) is 25.3. The molecule has 1 aromatic heterocycles. The first-order chi connectivity index (χ1) is 13.7. The maximum absolute atomic E-state index is 8.93. The van der Waals surface area contributed by atoms with Gasteiger partial charge in [-0.3, -0.25) is 15.7 Å². The number of hydrogen-bond donors (Lipinski definition) is 3. The van der Waals surface area contributed by atoms with Crippen LogP contribution in [0.25, 0.3) is 10.8 Å². The van der Waals surface area contributed by atoms with Crippen LogP contribution in [0.3, 0.4) is 0 Å². The SMILES string of the molecule is N=C(c1ccc2ccccc2c1)N1C(=N)c2ccccc2Nc2ncccc21. The zero-order valence-electron chi connectivity index (χ0n) is 15.0. The maximum atomic E-state index is 8.93. The van der Waals surface area contributed by atoms with Gasteiger partial charge in [-0.05, 0) is 41.1 Å². The van der Waals surface area contributed by atoms with Crippen LogP contribution in [0.15, 0.2) is 85.1 Å². The number of pyridine rings is 1. The summed E-state index contributed by atoms with van der Waals surface area (Å²) in [5, 5.41) is 23.3. The first-order valence-electron chi connectivity index (χ1n) is 9.00. The van der Waals surface area contributed by atoms with E-state index in [2.05, 4.69) is 16.4 Å². The summed E-state index contributed by atoms with van der Waals surface area (Å²) in [6.45, 7) is 0. The van der Waals surface area contributed by atoms with Crippen LogP contribution in [0, 0.1) is 10.8 Å². The lowest BCUT2D eigenvalue weighted by atomic mass is 10.0. The van der Waals surface area contributed by atoms with Crippen molar-refractivity contribution in [2.45, 2.75) is 0 Å². The van der Waals surface area contributed by atoms with Gasteiger partial charge in [0.15, 0.2) is 5.82 Å². The van der Waals surface area contributed by atoms with E-state index in [1.807, 2.05) is 72.8 Å². The Balaban J connectivity index is 1.68. The van der Waals surface area contributed by atoms with Crippen molar-refractivity contribution < 1.29 is 0 Å². The highest BCUT2D eigenvalue weighted by Crippen LogP contribution is 2.35. The molecule has 28 heavy (non-hydrogen) atoms. The predicted octanol–water partition coefficient (Wildman–Crippen LogP) is 5.15. The minimum atomic E-state index is 0.239. The molecule has 0 saturated heterocycles. The Bertz CT molecular complexity index is 1240. The summed E-state index contributed by atoms with van der Waals surface area (Å²) in [5.41, 5.74) is 2.96. The molecule has 2 heterocycles. The average Bonchev–Trinajstić information content (AvgIpc) is 2.87. The molecule has 0 saturated carbocycles. The molecule has 5 heteroatoms. The summed E-state index contributed by atoms with van der Waals surface area (Å²) < 4.78 is 0. The van der Waals surface area contributed by atoms with Gasteiger partial charge >= 0.3 is 0 Å². The Labute approximate surface area is 162 Å². The van der Waals surface area contributed by atoms with Gasteiger partial charge in [0.05, 0.1) is 11.4 Å². The highest BCUT2D eigenvalue weighted by Gasteiger charge is 2.28. The molecular weight excluding hydrogens is 346 g/mol. The number of hydrogen-bond acceptors (Lipinski definition) is 4. The summed E-state index contributed by atoms with van der Waals surface area (Å²) in [4.78, 5) is 6.09. The van der Waals surface area contributed by atoms with E-state index in [4.69, 9.17) is 10.8 Å². The third-order valence-electron chi connectivity index (χ3n) is 4.93. The molecule has 1 aliphatic heterocycles. The third kappa shape index (κ3) is 2.53. The van der Waals surface area contributed by atoms with Gasteiger partial charge in [0, 0.05) is 17.3 Å². The number of nitrogens with one attached hydrogen (secondary N) is 3. The fourth-order valence-corrected chi connectivity index (χ4v) is 3.54. The van der Waals surface area contributed by atoms with Gasteiger partial charge in [-0.25, -0.2) is 4.98 Å². The smallest absolute Gasteiger partial charge is 0.154 e. The second-order valence-corrected chi connectivity index (χ2v) is 6.64. The van der Waals surface area contributed by atoms with E-state index in [1.165, 1.54) is 0 Å². The standard InChI is InChI=1S/C23H17N5/c24-21(17-12-11-15-6-1-2-7-16(15)14-17)28-20-10-5-13-26-23(20)27-19-9-4-3-8-18(19)22(28)25/h1-14,24-25H,(H,26,27). The molecule has 0 bridgehead atoms. The van der Waals surface area contributed by atoms with Crippen molar-refractivity contribution in [3.05, 3.63) is 96.2 Å². The van der Waals surface area contributed by atoms with Crippen molar-refractivity contribution in [2.75, 3.05) is 10.2 Å². The fourth-order valence-electron chi connectivity index (χ4n) is 3.54. The normalized spacial score (nSPS) is 12.7. The van der Waals surface area contributed by atoms with E-state index in [0.717, 1.165) is 27.6 Å². The number of nitrogens with zero attached hydrogens (tertiary/aromatic N) is 2.